The number of amides is 1. The second-order valence-electron chi connectivity index (χ2n) is 5.27. The maximum atomic E-state index is 11.8. The first-order chi connectivity index (χ1) is 8.31. The van der Waals surface area contributed by atoms with Gasteiger partial charge in [-0.3, -0.25) is 9.69 Å². The zero-order valence-electron chi connectivity index (χ0n) is 10.9. The third-order valence-corrected chi connectivity index (χ3v) is 4.03. The van der Waals surface area contributed by atoms with Gasteiger partial charge in [0.25, 0.3) is 0 Å². The normalized spacial score (nSPS) is 31.1. The summed E-state index contributed by atoms with van der Waals surface area (Å²) >= 11 is 0. The number of carbonyl (C=O) groups is 1. The molecule has 2 rings (SSSR count). The summed E-state index contributed by atoms with van der Waals surface area (Å²) in [5, 5.41) is 6.37. The van der Waals surface area contributed by atoms with E-state index in [0.717, 1.165) is 26.1 Å². The van der Waals surface area contributed by atoms with Crippen LogP contribution in [0, 0.1) is 0 Å². The van der Waals surface area contributed by atoms with E-state index in [1.807, 2.05) is 0 Å². The summed E-state index contributed by atoms with van der Waals surface area (Å²) in [5.41, 5.74) is 0. The first-order valence-corrected chi connectivity index (χ1v) is 7.00. The van der Waals surface area contributed by atoms with E-state index in [0.29, 0.717) is 6.04 Å². The van der Waals surface area contributed by atoms with Crippen LogP contribution < -0.4 is 10.6 Å². The predicted molar refractivity (Wildman–Crippen MR) is 68.9 cm³/mol. The number of nitrogens with zero attached hydrogens (tertiary/aromatic N) is 1. The Morgan fingerprint density at radius 2 is 2.12 bits per heavy atom. The van der Waals surface area contributed by atoms with Gasteiger partial charge >= 0.3 is 0 Å². The first-order valence-electron chi connectivity index (χ1n) is 7.00. The molecule has 4 nitrogen and oxygen atoms in total. The van der Waals surface area contributed by atoms with E-state index in [1.165, 1.54) is 32.1 Å². The van der Waals surface area contributed by atoms with Crippen molar-refractivity contribution in [3.05, 3.63) is 0 Å². The Hall–Kier alpha value is -0.610. The van der Waals surface area contributed by atoms with Gasteiger partial charge in [0, 0.05) is 19.6 Å². The molecule has 17 heavy (non-hydrogen) atoms. The molecular weight excluding hydrogens is 214 g/mol. The Labute approximate surface area is 104 Å². The van der Waals surface area contributed by atoms with Gasteiger partial charge in [-0.2, -0.15) is 0 Å². The lowest BCUT2D eigenvalue weighted by atomic mass is 9.98. The molecule has 0 aromatic carbocycles. The molecule has 0 spiro atoms. The van der Waals surface area contributed by atoms with Crippen molar-refractivity contribution in [3.63, 3.8) is 0 Å². The molecule has 0 aromatic heterocycles. The van der Waals surface area contributed by atoms with E-state index < -0.39 is 0 Å². The molecule has 0 aromatic rings. The number of likely N-dealkylation sites (tertiary alicyclic amines) is 1. The maximum absolute atomic E-state index is 11.8. The number of rotatable bonds is 3. The molecule has 2 unspecified atom stereocenters. The van der Waals surface area contributed by atoms with Gasteiger partial charge in [0.2, 0.25) is 5.91 Å². The third kappa shape index (κ3) is 3.42. The second-order valence-corrected chi connectivity index (χ2v) is 5.27. The van der Waals surface area contributed by atoms with E-state index in [4.69, 9.17) is 0 Å². The molecule has 0 radical (unpaired) electrons. The minimum atomic E-state index is 0.109. The molecule has 98 valence electrons. The molecule has 2 fully saturated rings. The maximum Gasteiger partial charge on any atom is 0.237 e. The summed E-state index contributed by atoms with van der Waals surface area (Å²) in [5.74, 6) is 0.195. The molecule has 0 aliphatic carbocycles. The van der Waals surface area contributed by atoms with Gasteiger partial charge in [0.15, 0.2) is 0 Å². The van der Waals surface area contributed by atoms with Crippen LogP contribution in [0.2, 0.25) is 0 Å². The van der Waals surface area contributed by atoms with Gasteiger partial charge in [-0.1, -0.05) is 12.8 Å². The van der Waals surface area contributed by atoms with Crippen LogP contribution in [-0.2, 0) is 4.79 Å². The van der Waals surface area contributed by atoms with E-state index >= 15 is 0 Å². The van der Waals surface area contributed by atoms with Crippen LogP contribution in [0.4, 0.5) is 0 Å². The van der Waals surface area contributed by atoms with Crippen molar-refractivity contribution in [3.8, 4) is 0 Å². The van der Waals surface area contributed by atoms with Crippen LogP contribution in [0.15, 0.2) is 0 Å². The molecular formula is C13H25N3O. The smallest absolute Gasteiger partial charge is 0.237 e. The highest BCUT2D eigenvalue weighted by Gasteiger charge is 2.29. The van der Waals surface area contributed by atoms with Gasteiger partial charge in [-0.05, 0) is 38.8 Å². The zero-order valence-corrected chi connectivity index (χ0v) is 10.9. The Kier molecular flexibility index (Phi) is 4.80. The van der Waals surface area contributed by atoms with Crippen molar-refractivity contribution >= 4 is 5.91 Å². The van der Waals surface area contributed by atoms with Crippen LogP contribution in [0.5, 0.6) is 0 Å². The van der Waals surface area contributed by atoms with Crippen molar-refractivity contribution in [2.45, 2.75) is 50.6 Å². The van der Waals surface area contributed by atoms with Crippen molar-refractivity contribution < 1.29 is 4.79 Å². The molecule has 2 atom stereocenters. The lowest BCUT2D eigenvalue weighted by molar-refractivity contribution is -0.127. The predicted octanol–water partition coefficient (Wildman–Crippen LogP) is 0.729. The standard InChI is InChI=1S/C13H25N3O/c1-14-13(17)12-7-3-5-9-16(12)10-11-6-2-4-8-15-11/h11-12,15H,2-10H2,1H3,(H,14,17). The summed E-state index contributed by atoms with van der Waals surface area (Å²) in [6, 6.07) is 0.700. The average molecular weight is 239 g/mol. The van der Waals surface area contributed by atoms with Crippen molar-refractivity contribution in [2.24, 2.45) is 0 Å². The van der Waals surface area contributed by atoms with E-state index in [2.05, 4.69) is 15.5 Å². The molecule has 2 heterocycles. The summed E-state index contributed by atoms with van der Waals surface area (Å²) in [6.45, 7) is 3.26. The Morgan fingerprint density at radius 1 is 1.29 bits per heavy atom. The van der Waals surface area contributed by atoms with Crippen molar-refractivity contribution in [1.82, 2.24) is 15.5 Å². The van der Waals surface area contributed by atoms with Gasteiger partial charge in [-0.25, -0.2) is 0 Å². The highest BCUT2D eigenvalue weighted by atomic mass is 16.2. The van der Waals surface area contributed by atoms with Crippen LogP contribution >= 0.6 is 0 Å². The first kappa shape index (κ1) is 12.8. The van der Waals surface area contributed by atoms with Crippen LogP contribution in [-0.4, -0.2) is 49.6 Å². The second kappa shape index (κ2) is 6.36. The largest absolute Gasteiger partial charge is 0.358 e. The number of hydrogen-bond acceptors (Lipinski definition) is 3. The number of carbonyl (C=O) groups excluding carboxylic acids is 1. The van der Waals surface area contributed by atoms with Gasteiger partial charge in [-0.15, -0.1) is 0 Å². The lowest BCUT2D eigenvalue weighted by Gasteiger charge is -2.37. The average Bonchev–Trinajstić information content (AvgIpc) is 2.40. The fraction of sp³-hybridized carbons (Fsp3) is 0.923. The Morgan fingerprint density at radius 3 is 2.82 bits per heavy atom. The fourth-order valence-corrected chi connectivity index (χ4v) is 3.04. The van der Waals surface area contributed by atoms with Crippen molar-refractivity contribution in [1.29, 1.82) is 0 Å². The van der Waals surface area contributed by atoms with Crippen LogP contribution in [0.3, 0.4) is 0 Å². The van der Waals surface area contributed by atoms with Crippen LogP contribution in [0.25, 0.3) is 0 Å². The molecule has 2 N–H and O–H groups in total. The monoisotopic (exact) mass is 239 g/mol. The van der Waals surface area contributed by atoms with Gasteiger partial charge < -0.3 is 10.6 Å². The Balaban J connectivity index is 1.88. The van der Waals surface area contributed by atoms with Gasteiger partial charge in [0.05, 0.1) is 6.04 Å². The number of piperidine rings is 2. The lowest BCUT2D eigenvalue weighted by Crippen LogP contribution is -2.53. The summed E-state index contributed by atoms with van der Waals surface area (Å²) in [6.07, 6.45) is 7.34. The quantitative estimate of drug-likeness (QED) is 0.763. The molecule has 0 saturated carbocycles. The SMILES string of the molecule is CNC(=O)C1CCCCN1CC1CCCCN1. The highest BCUT2D eigenvalue weighted by Crippen LogP contribution is 2.19. The van der Waals surface area contributed by atoms with E-state index in [-0.39, 0.29) is 11.9 Å². The third-order valence-electron chi connectivity index (χ3n) is 4.03. The minimum Gasteiger partial charge on any atom is -0.358 e. The summed E-state index contributed by atoms with van der Waals surface area (Å²) in [7, 11) is 1.74. The number of likely N-dealkylation sites (N-methyl/N-ethyl adjacent to an activating group) is 1. The molecule has 0 bridgehead atoms. The molecule has 4 heteroatoms. The molecule has 1 amide bonds. The summed E-state index contributed by atoms with van der Waals surface area (Å²) in [4.78, 5) is 14.2. The number of hydrogen-bond donors (Lipinski definition) is 2. The zero-order chi connectivity index (χ0) is 12.1. The van der Waals surface area contributed by atoms with Crippen molar-refractivity contribution in [2.75, 3.05) is 26.7 Å². The number of nitrogens with one attached hydrogen (secondary N) is 2. The molecule has 2 aliphatic rings. The van der Waals surface area contributed by atoms with E-state index in [1.54, 1.807) is 7.05 Å². The molecule has 2 saturated heterocycles. The van der Waals surface area contributed by atoms with E-state index in [9.17, 15) is 4.79 Å². The Bertz CT molecular complexity index is 251. The summed E-state index contributed by atoms with van der Waals surface area (Å²) < 4.78 is 0. The fourth-order valence-electron chi connectivity index (χ4n) is 3.04. The van der Waals surface area contributed by atoms with Gasteiger partial charge in [0.1, 0.15) is 0 Å². The topological polar surface area (TPSA) is 44.4 Å². The highest BCUT2D eigenvalue weighted by molar-refractivity contribution is 5.81. The molecule has 2 aliphatic heterocycles. The minimum absolute atomic E-state index is 0.109. The van der Waals surface area contributed by atoms with Crippen LogP contribution in [0.1, 0.15) is 38.5 Å².